The van der Waals surface area contributed by atoms with E-state index in [2.05, 4.69) is 34.7 Å². The van der Waals surface area contributed by atoms with Crippen LogP contribution in [0.5, 0.6) is 0 Å². The van der Waals surface area contributed by atoms with E-state index >= 15 is 0 Å². The van der Waals surface area contributed by atoms with E-state index in [1.807, 2.05) is 12.1 Å². The number of rotatable bonds is 5. The quantitative estimate of drug-likeness (QED) is 0.385. The lowest BCUT2D eigenvalue weighted by Gasteiger charge is -2.13. The fraction of sp³-hybridized carbons (Fsp3) is 0.235. The van der Waals surface area contributed by atoms with Crippen molar-refractivity contribution in [2.24, 2.45) is 4.99 Å². The zero-order valence-corrected chi connectivity index (χ0v) is 13.2. The van der Waals surface area contributed by atoms with Crippen LogP contribution in [0.4, 0.5) is 5.69 Å². The third kappa shape index (κ3) is 4.54. The Kier molecular flexibility index (Phi) is 5.68. The van der Waals surface area contributed by atoms with Crippen LogP contribution in [-0.4, -0.2) is 17.9 Å². The summed E-state index contributed by atoms with van der Waals surface area (Å²) >= 11 is 0. The predicted octanol–water partition coefficient (Wildman–Crippen LogP) is 2.77. The number of benzene rings is 2. The van der Waals surface area contributed by atoms with Gasteiger partial charge in [-0.3, -0.25) is 15.1 Å². The monoisotopic (exact) mass is 312 g/mol. The van der Waals surface area contributed by atoms with Crippen LogP contribution in [-0.2, 0) is 13.1 Å². The Morgan fingerprint density at radius 3 is 2.22 bits per heavy atom. The molecule has 2 N–H and O–H groups in total. The van der Waals surface area contributed by atoms with Crippen LogP contribution < -0.4 is 10.6 Å². The lowest BCUT2D eigenvalue weighted by Crippen LogP contribution is -2.36. The molecule has 0 heterocycles. The average Bonchev–Trinajstić information content (AvgIpc) is 2.56. The second kappa shape index (κ2) is 7.93. The second-order valence-corrected chi connectivity index (χ2v) is 5.09. The first-order valence-electron chi connectivity index (χ1n) is 7.33. The SMILES string of the molecule is CN=C(NCc1ccccc1C)NCc1ccccc1[N+](=O)[O-]. The highest BCUT2D eigenvalue weighted by atomic mass is 16.6. The molecule has 6 nitrogen and oxygen atoms in total. The Morgan fingerprint density at radius 1 is 1.04 bits per heavy atom. The van der Waals surface area contributed by atoms with Gasteiger partial charge in [0.1, 0.15) is 0 Å². The number of nitro benzene ring substituents is 1. The molecular weight excluding hydrogens is 292 g/mol. The molecule has 23 heavy (non-hydrogen) atoms. The van der Waals surface area contributed by atoms with Crippen molar-refractivity contribution in [3.63, 3.8) is 0 Å². The number of guanidine groups is 1. The molecule has 120 valence electrons. The van der Waals surface area contributed by atoms with E-state index in [4.69, 9.17) is 0 Å². The summed E-state index contributed by atoms with van der Waals surface area (Å²) in [4.78, 5) is 14.8. The van der Waals surface area contributed by atoms with Crippen LogP contribution in [0, 0.1) is 17.0 Å². The standard InChI is InChI=1S/C17H20N4O2/c1-13-7-3-4-8-14(13)11-19-17(18-2)20-12-15-9-5-6-10-16(15)21(22)23/h3-10H,11-12H2,1-2H3,(H2,18,19,20). The molecule has 0 radical (unpaired) electrons. The van der Waals surface area contributed by atoms with Crippen LogP contribution in [0.2, 0.25) is 0 Å². The van der Waals surface area contributed by atoms with E-state index in [-0.39, 0.29) is 10.6 Å². The second-order valence-electron chi connectivity index (χ2n) is 5.09. The summed E-state index contributed by atoms with van der Waals surface area (Å²) in [5.74, 6) is 0.603. The van der Waals surface area contributed by atoms with Crippen LogP contribution in [0.1, 0.15) is 16.7 Å². The van der Waals surface area contributed by atoms with Gasteiger partial charge in [0.25, 0.3) is 5.69 Å². The van der Waals surface area contributed by atoms with Crippen molar-refractivity contribution in [3.8, 4) is 0 Å². The van der Waals surface area contributed by atoms with Crippen molar-refractivity contribution in [3.05, 3.63) is 75.3 Å². The van der Waals surface area contributed by atoms with Gasteiger partial charge in [0, 0.05) is 31.8 Å². The number of hydrogen-bond donors (Lipinski definition) is 2. The van der Waals surface area contributed by atoms with Crippen molar-refractivity contribution in [2.75, 3.05) is 7.05 Å². The van der Waals surface area contributed by atoms with Crippen molar-refractivity contribution in [1.29, 1.82) is 0 Å². The fourth-order valence-electron chi connectivity index (χ4n) is 2.23. The number of nitrogens with zero attached hydrogens (tertiary/aromatic N) is 2. The molecule has 6 heteroatoms. The minimum atomic E-state index is -0.374. The Morgan fingerprint density at radius 2 is 1.61 bits per heavy atom. The molecular formula is C17H20N4O2. The van der Waals surface area contributed by atoms with E-state index in [0.29, 0.717) is 24.6 Å². The van der Waals surface area contributed by atoms with E-state index in [1.54, 1.807) is 25.2 Å². The van der Waals surface area contributed by atoms with Gasteiger partial charge >= 0.3 is 0 Å². The highest BCUT2D eigenvalue weighted by molar-refractivity contribution is 5.79. The van der Waals surface area contributed by atoms with Gasteiger partial charge in [-0.05, 0) is 18.1 Å². The molecule has 0 spiro atoms. The molecule has 0 saturated carbocycles. The van der Waals surface area contributed by atoms with Gasteiger partial charge < -0.3 is 10.6 Å². The fourth-order valence-corrected chi connectivity index (χ4v) is 2.23. The smallest absolute Gasteiger partial charge is 0.274 e. The van der Waals surface area contributed by atoms with Gasteiger partial charge in [0.05, 0.1) is 4.92 Å². The minimum Gasteiger partial charge on any atom is -0.352 e. The largest absolute Gasteiger partial charge is 0.352 e. The molecule has 2 aromatic rings. The highest BCUT2D eigenvalue weighted by Crippen LogP contribution is 2.17. The Balaban J connectivity index is 1.96. The van der Waals surface area contributed by atoms with Gasteiger partial charge in [-0.15, -0.1) is 0 Å². The van der Waals surface area contributed by atoms with E-state index < -0.39 is 0 Å². The topological polar surface area (TPSA) is 79.6 Å². The van der Waals surface area contributed by atoms with Crippen molar-refractivity contribution < 1.29 is 4.92 Å². The molecule has 0 atom stereocenters. The normalized spacial score (nSPS) is 11.1. The van der Waals surface area contributed by atoms with Crippen LogP contribution in [0.3, 0.4) is 0 Å². The van der Waals surface area contributed by atoms with E-state index in [9.17, 15) is 10.1 Å². The van der Waals surface area contributed by atoms with E-state index in [0.717, 1.165) is 0 Å². The maximum absolute atomic E-state index is 11.0. The van der Waals surface area contributed by atoms with Gasteiger partial charge in [0.15, 0.2) is 5.96 Å². The first-order chi connectivity index (χ1) is 11.1. The summed E-state index contributed by atoms with van der Waals surface area (Å²) < 4.78 is 0. The van der Waals surface area contributed by atoms with Gasteiger partial charge in [-0.25, -0.2) is 0 Å². The summed E-state index contributed by atoms with van der Waals surface area (Å²) in [6, 6.07) is 14.8. The van der Waals surface area contributed by atoms with Gasteiger partial charge in [0.2, 0.25) is 0 Å². The number of aliphatic imine (C=N–C) groups is 1. The first kappa shape index (κ1) is 16.5. The first-order valence-corrected chi connectivity index (χ1v) is 7.33. The summed E-state index contributed by atoms with van der Waals surface area (Å²) in [6.45, 7) is 3.04. The Bertz CT molecular complexity index is 713. The molecule has 0 aliphatic carbocycles. The number of para-hydroxylation sites is 1. The molecule has 0 fully saturated rings. The summed E-state index contributed by atoms with van der Waals surface area (Å²) in [6.07, 6.45) is 0. The molecule has 2 rings (SSSR count). The third-order valence-corrected chi connectivity index (χ3v) is 3.57. The van der Waals surface area contributed by atoms with Crippen molar-refractivity contribution in [1.82, 2.24) is 10.6 Å². The minimum absolute atomic E-state index is 0.106. The van der Waals surface area contributed by atoms with Crippen LogP contribution >= 0.6 is 0 Å². The molecule has 0 amide bonds. The van der Waals surface area contributed by atoms with Gasteiger partial charge in [-0.2, -0.15) is 0 Å². The van der Waals surface area contributed by atoms with Gasteiger partial charge in [-0.1, -0.05) is 42.5 Å². The number of aryl methyl sites for hydroxylation is 1. The molecule has 2 aromatic carbocycles. The maximum Gasteiger partial charge on any atom is 0.274 e. The van der Waals surface area contributed by atoms with E-state index in [1.165, 1.54) is 17.2 Å². The summed E-state index contributed by atoms with van der Waals surface area (Å²) in [7, 11) is 1.67. The molecule has 0 unspecified atom stereocenters. The van der Waals surface area contributed by atoms with Crippen molar-refractivity contribution >= 4 is 11.6 Å². The number of nitrogens with one attached hydrogen (secondary N) is 2. The summed E-state index contributed by atoms with van der Waals surface area (Å²) in [5.41, 5.74) is 3.11. The molecule has 0 saturated heterocycles. The molecule has 0 bridgehead atoms. The zero-order valence-electron chi connectivity index (χ0n) is 13.2. The third-order valence-electron chi connectivity index (χ3n) is 3.57. The molecule has 0 aliphatic heterocycles. The highest BCUT2D eigenvalue weighted by Gasteiger charge is 2.12. The number of nitro groups is 1. The lowest BCUT2D eigenvalue weighted by molar-refractivity contribution is -0.385. The predicted molar refractivity (Wildman–Crippen MR) is 91.3 cm³/mol. The Hall–Kier alpha value is -2.89. The van der Waals surface area contributed by atoms with Crippen molar-refractivity contribution in [2.45, 2.75) is 20.0 Å². The number of hydrogen-bond acceptors (Lipinski definition) is 3. The zero-order chi connectivity index (χ0) is 16.7. The molecule has 0 aliphatic rings. The lowest BCUT2D eigenvalue weighted by atomic mass is 10.1. The van der Waals surface area contributed by atoms with Crippen LogP contribution in [0.15, 0.2) is 53.5 Å². The maximum atomic E-state index is 11.0. The average molecular weight is 312 g/mol. The summed E-state index contributed by atoms with van der Waals surface area (Å²) in [5, 5.41) is 17.3. The molecule has 0 aromatic heterocycles. The van der Waals surface area contributed by atoms with Crippen LogP contribution in [0.25, 0.3) is 0 Å². The Labute approximate surface area is 135 Å².